The SMILES string of the molecule is CCN1CCC[C@@H](CNC(=O)c2cccc3[nH]ncc23)C1. The quantitative estimate of drug-likeness (QED) is 0.904. The van der Waals surface area contributed by atoms with E-state index in [1.165, 1.54) is 19.4 Å². The molecule has 1 atom stereocenters. The van der Waals surface area contributed by atoms with E-state index in [2.05, 4.69) is 27.3 Å². The van der Waals surface area contributed by atoms with Crippen LogP contribution in [0.2, 0.25) is 0 Å². The highest BCUT2D eigenvalue weighted by molar-refractivity contribution is 6.05. The van der Waals surface area contributed by atoms with Crippen molar-refractivity contribution in [3.05, 3.63) is 30.0 Å². The lowest BCUT2D eigenvalue weighted by molar-refractivity contribution is 0.0935. The number of fused-ring (bicyclic) bond motifs is 1. The first kappa shape index (κ1) is 14.1. The van der Waals surface area contributed by atoms with Crippen molar-refractivity contribution in [2.24, 2.45) is 5.92 Å². The van der Waals surface area contributed by atoms with Crippen molar-refractivity contribution in [2.75, 3.05) is 26.2 Å². The molecule has 1 saturated heterocycles. The summed E-state index contributed by atoms with van der Waals surface area (Å²) in [5.74, 6) is 0.557. The number of hydrogen-bond donors (Lipinski definition) is 2. The lowest BCUT2D eigenvalue weighted by Gasteiger charge is -2.31. The zero-order chi connectivity index (χ0) is 14.7. The lowest BCUT2D eigenvalue weighted by Crippen LogP contribution is -2.40. The monoisotopic (exact) mass is 286 g/mol. The summed E-state index contributed by atoms with van der Waals surface area (Å²) in [7, 11) is 0. The van der Waals surface area contributed by atoms with Gasteiger partial charge in [0.2, 0.25) is 0 Å². The molecule has 1 aromatic carbocycles. The number of nitrogens with zero attached hydrogens (tertiary/aromatic N) is 2. The molecule has 0 aliphatic carbocycles. The predicted molar refractivity (Wildman–Crippen MR) is 83.3 cm³/mol. The zero-order valence-electron chi connectivity index (χ0n) is 12.4. The maximum absolute atomic E-state index is 12.4. The molecule has 1 aromatic heterocycles. The Bertz CT molecular complexity index is 622. The number of carbonyl (C=O) groups excluding carboxylic acids is 1. The van der Waals surface area contributed by atoms with Crippen LogP contribution in [0.3, 0.4) is 0 Å². The number of H-pyrrole nitrogens is 1. The Labute approximate surface area is 124 Å². The second-order valence-corrected chi connectivity index (χ2v) is 5.75. The van der Waals surface area contributed by atoms with Gasteiger partial charge in [-0.15, -0.1) is 0 Å². The molecule has 5 nitrogen and oxygen atoms in total. The number of amides is 1. The van der Waals surface area contributed by atoms with Crippen LogP contribution in [0.5, 0.6) is 0 Å². The lowest BCUT2D eigenvalue weighted by atomic mass is 9.98. The molecule has 1 amide bonds. The molecule has 3 rings (SSSR count). The Balaban J connectivity index is 1.63. The van der Waals surface area contributed by atoms with Gasteiger partial charge < -0.3 is 10.2 Å². The van der Waals surface area contributed by atoms with Crippen molar-refractivity contribution >= 4 is 16.8 Å². The van der Waals surface area contributed by atoms with E-state index in [0.717, 1.165) is 30.5 Å². The summed E-state index contributed by atoms with van der Waals surface area (Å²) in [4.78, 5) is 14.8. The van der Waals surface area contributed by atoms with E-state index in [1.54, 1.807) is 6.20 Å². The van der Waals surface area contributed by atoms with Crippen molar-refractivity contribution in [1.29, 1.82) is 0 Å². The number of carbonyl (C=O) groups is 1. The maximum Gasteiger partial charge on any atom is 0.252 e. The second kappa shape index (κ2) is 6.26. The van der Waals surface area contributed by atoms with E-state index in [1.807, 2.05) is 18.2 Å². The molecule has 0 bridgehead atoms. The molecule has 21 heavy (non-hydrogen) atoms. The fourth-order valence-corrected chi connectivity index (χ4v) is 3.10. The van der Waals surface area contributed by atoms with E-state index >= 15 is 0 Å². The van der Waals surface area contributed by atoms with Gasteiger partial charge in [0.25, 0.3) is 5.91 Å². The standard InChI is InChI=1S/C16H22N4O/c1-2-20-8-4-5-12(11-20)9-17-16(21)13-6-3-7-15-14(13)10-18-19-15/h3,6-7,10,12H,2,4-5,8-9,11H2,1H3,(H,17,21)(H,18,19)/t12-/m0/s1. The molecule has 1 aliphatic rings. The molecule has 0 unspecified atom stereocenters. The number of aromatic amines is 1. The van der Waals surface area contributed by atoms with Gasteiger partial charge in [0, 0.05) is 18.5 Å². The molecule has 0 radical (unpaired) electrons. The van der Waals surface area contributed by atoms with Gasteiger partial charge in [0.15, 0.2) is 0 Å². The number of benzene rings is 1. The number of rotatable bonds is 4. The Morgan fingerprint density at radius 3 is 3.29 bits per heavy atom. The first-order valence-electron chi connectivity index (χ1n) is 7.70. The first-order valence-corrected chi connectivity index (χ1v) is 7.70. The van der Waals surface area contributed by atoms with Crippen LogP contribution in [0.25, 0.3) is 10.9 Å². The third-order valence-corrected chi connectivity index (χ3v) is 4.33. The molecular weight excluding hydrogens is 264 g/mol. The van der Waals surface area contributed by atoms with Crippen LogP contribution in [0.1, 0.15) is 30.1 Å². The average molecular weight is 286 g/mol. The Morgan fingerprint density at radius 1 is 1.52 bits per heavy atom. The van der Waals surface area contributed by atoms with Gasteiger partial charge >= 0.3 is 0 Å². The van der Waals surface area contributed by atoms with Gasteiger partial charge in [-0.1, -0.05) is 13.0 Å². The largest absolute Gasteiger partial charge is 0.352 e. The summed E-state index contributed by atoms with van der Waals surface area (Å²) >= 11 is 0. The summed E-state index contributed by atoms with van der Waals surface area (Å²) in [6, 6.07) is 5.67. The second-order valence-electron chi connectivity index (χ2n) is 5.75. The minimum atomic E-state index is -0.00405. The van der Waals surface area contributed by atoms with Gasteiger partial charge in [0.05, 0.1) is 17.3 Å². The predicted octanol–water partition coefficient (Wildman–Crippen LogP) is 2.02. The van der Waals surface area contributed by atoms with Crippen molar-refractivity contribution in [3.63, 3.8) is 0 Å². The van der Waals surface area contributed by atoms with Crippen molar-refractivity contribution in [2.45, 2.75) is 19.8 Å². The normalized spacial score (nSPS) is 19.8. The molecule has 1 fully saturated rings. The molecule has 2 heterocycles. The Morgan fingerprint density at radius 2 is 2.43 bits per heavy atom. The summed E-state index contributed by atoms with van der Waals surface area (Å²) in [5, 5.41) is 10.9. The van der Waals surface area contributed by atoms with Crippen LogP contribution >= 0.6 is 0 Å². The van der Waals surface area contributed by atoms with Crippen molar-refractivity contribution in [3.8, 4) is 0 Å². The van der Waals surface area contributed by atoms with Gasteiger partial charge in [-0.05, 0) is 44.0 Å². The smallest absolute Gasteiger partial charge is 0.252 e. The minimum Gasteiger partial charge on any atom is -0.352 e. The Kier molecular flexibility index (Phi) is 4.20. The summed E-state index contributed by atoms with van der Waals surface area (Å²) in [5.41, 5.74) is 1.60. The van der Waals surface area contributed by atoms with Crippen LogP contribution < -0.4 is 5.32 Å². The summed E-state index contributed by atoms with van der Waals surface area (Å²) < 4.78 is 0. The molecule has 5 heteroatoms. The molecule has 112 valence electrons. The van der Waals surface area contributed by atoms with Crippen LogP contribution in [-0.4, -0.2) is 47.2 Å². The highest BCUT2D eigenvalue weighted by atomic mass is 16.1. The summed E-state index contributed by atoms with van der Waals surface area (Å²) in [6.45, 7) is 6.32. The molecule has 2 N–H and O–H groups in total. The number of nitrogens with one attached hydrogen (secondary N) is 2. The molecule has 0 saturated carbocycles. The van der Waals surface area contributed by atoms with E-state index in [9.17, 15) is 4.79 Å². The van der Waals surface area contributed by atoms with Crippen LogP contribution in [0.4, 0.5) is 0 Å². The summed E-state index contributed by atoms with van der Waals surface area (Å²) in [6.07, 6.45) is 4.14. The van der Waals surface area contributed by atoms with E-state index < -0.39 is 0 Å². The number of piperidine rings is 1. The van der Waals surface area contributed by atoms with E-state index in [0.29, 0.717) is 11.5 Å². The average Bonchev–Trinajstić information content (AvgIpc) is 3.01. The maximum atomic E-state index is 12.4. The molecule has 0 spiro atoms. The van der Waals surface area contributed by atoms with Gasteiger partial charge in [0.1, 0.15) is 0 Å². The Hall–Kier alpha value is -1.88. The van der Waals surface area contributed by atoms with Crippen molar-refractivity contribution in [1.82, 2.24) is 20.4 Å². The van der Waals surface area contributed by atoms with Crippen LogP contribution in [0.15, 0.2) is 24.4 Å². The number of likely N-dealkylation sites (tertiary alicyclic amines) is 1. The number of hydrogen-bond acceptors (Lipinski definition) is 3. The third-order valence-electron chi connectivity index (χ3n) is 4.33. The number of aromatic nitrogens is 2. The zero-order valence-corrected chi connectivity index (χ0v) is 12.4. The van der Waals surface area contributed by atoms with Gasteiger partial charge in [-0.3, -0.25) is 9.89 Å². The highest BCUT2D eigenvalue weighted by Crippen LogP contribution is 2.17. The third kappa shape index (κ3) is 3.08. The van der Waals surface area contributed by atoms with E-state index in [-0.39, 0.29) is 5.91 Å². The van der Waals surface area contributed by atoms with Crippen LogP contribution in [0, 0.1) is 5.92 Å². The molecule has 2 aromatic rings. The topological polar surface area (TPSA) is 61.0 Å². The minimum absolute atomic E-state index is 0.00405. The van der Waals surface area contributed by atoms with Gasteiger partial charge in [-0.2, -0.15) is 5.10 Å². The fraction of sp³-hybridized carbons (Fsp3) is 0.500. The van der Waals surface area contributed by atoms with Gasteiger partial charge in [-0.25, -0.2) is 0 Å². The highest BCUT2D eigenvalue weighted by Gasteiger charge is 2.20. The molecule has 1 aliphatic heterocycles. The van der Waals surface area contributed by atoms with Crippen molar-refractivity contribution < 1.29 is 4.79 Å². The van der Waals surface area contributed by atoms with E-state index in [4.69, 9.17) is 0 Å². The first-order chi connectivity index (χ1) is 10.3. The molecular formula is C16H22N4O. The fourth-order valence-electron chi connectivity index (χ4n) is 3.10. The van der Waals surface area contributed by atoms with Crippen LogP contribution in [-0.2, 0) is 0 Å².